The second kappa shape index (κ2) is 5.35. The summed E-state index contributed by atoms with van der Waals surface area (Å²) >= 11 is 0. The zero-order valence-electron chi connectivity index (χ0n) is 7.40. The third-order valence-electron chi connectivity index (χ3n) is 1.59. The number of hydrogen-bond donors (Lipinski definition) is 3. The van der Waals surface area contributed by atoms with Gasteiger partial charge in [0.25, 0.3) is 0 Å². The van der Waals surface area contributed by atoms with Crippen LogP contribution in [0.5, 0.6) is 0 Å². The third-order valence-corrected chi connectivity index (χ3v) is 1.59. The highest BCUT2D eigenvalue weighted by molar-refractivity contribution is 5.78. The summed E-state index contributed by atoms with van der Waals surface area (Å²) in [5.41, 5.74) is 5.98. The SMILES string of the molecule is NCCO.c1ccc2[nH]ccc2c1. The first kappa shape index (κ1) is 9.77. The number of benzene rings is 1. The maximum absolute atomic E-state index is 7.75. The molecular formula is C10H14N2O. The topological polar surface area (TPSA) is 62.0 Å². The van der Waals surface area contributed by atoms with E-state index in [4.69, 9.17) is 10.8 Å². The van der Waals surface area contributed by atoms with Crippen LogP contribution in [0, 0.1) is 0 Å². The number of H-pyrrole nitrogens is 1. The summed E-state index contributed by atoms with van der Waals surface area (Å²) in [5, 5.41) is 9.03. The van der Waals surface area contributed by atoms with E-state index in [1.54, 1.807) is 0 Å². The molecular weight excluding hydrogens is 164 g/mol. The minimum Gasteiger partial charge on any atom is -0.395 e. The first-order valence-electron chi connectivity index (χ1n) is 4.21. The molecule has 3 heteroatoms. The van der Waals surface area contributed by atoms with E-state index in [-0.39, 0.29) is 6.61 Å². The van der Waals surface area contributed by atoms with Gasteiger partial charge in [-0.3, -0.25) is 0 Å². The van der Waals surface area contributed by atoms with Gasteiger partial charge < -0.3 is 15.8 Å². The molecule has 13 heavy (non-hydrogen) atoms. The van der Waals surface area contributed by atoms with Crippen LogP contribution in [-0.4, -0.2) is 23.2 Å². The van der Waals surface area contributed by atoms with Gasteiger partial charge in [0.2, 0.25) is 0 Å². The zero-order chi connectivity index (χ0) is 9.52. The van der Waals surface area contributed by atoms with Crippen molar-refractivity contribution in [1.82, 2.24) is 4.98 Å². The Bertz CT molecular complexity index is 311. The van der Waals surface area contributed by atoms with Crippen LogP contribution in [0.25, 0.3) is 10.9 Å². The lowest BCUT2D eigenvalue weighted by Crippen LogP contribution is -2.02. The predicted octanol–water partition coefficient (Wildman–Crippen LogP) is 1.11. The van der Waals surface area contributed by atoms with Gasteiger partial charge in [0.05, 0.1) is 6.61 Å². The molecule has 0 bridgehead atoms. The van der Waals surface area contributed by atoms with Crippen molar-refractivity contribution in [2.75, 3.05) is 13.2 Å². The van der Waals surface area contributed by atoms with Crippen LogP contribution in [0.3, 0.4) is 0 Å². The summed E-state index contributed by atoms with van der Waals surface area (Å²) in [4.78, 5) is 3.12. The molecule has 70 valence electrons. The van der Waals surface area contributed by atoms with Crippen molar-refractivity contribution in [3.63, 3.8) is 0 Å². The standard InChI is InChI=1S/C8H7N.C2H7NO/c1-2-4-8-7(3-1)5-6-9-8;3-1-2-4/h1-6,9H;4H,1-3H2. The lowest BCUT2D eigenvalue weighted by atomic mass is 10.3. The first-order valence-corrected chi connectivity index (χ1v) is 4.21. The zero-order valence-corrected chi connectivity index (χ0v) is 7.40. The molecule has 0 aliphatic carbocycles. The minimum absolute atomic E-state index is 0.0972. The van der Waals surface area contributed by atoms with E-state index in [9.17, 15) is 0 Å². The molecule has 0 radical (unpaired) electrons. The molecule has 0 aliphatic heterocycles. The van der Waals surface area contributed by atoms with Crippen molar-refractivity contribution in [2.24, 2.45) is 5.73 Å². The van der Waals surface area contributed by atoms with Gasteiger partial charge in [0.1, 0.15) is 0 Å². The molecule has 0 unspecified atom stereocenters. The van der Waals surface area contributed by atoms with Gasteiger partial charge in [-0.15, -0.1) is 0 Å². The summed E-state index contributed by atoms with van der Waals surface area (Å²) < 4.78 is 0. The molecule has 3 nitrogen and oxygen atoms in total. The van der Waals surface area contributed by atoms with Crippen molar-refractivity contribution in [2.45, 2.75) is 0 Å². The van der Waals surface area contributed by atoms with Gasteiger partial charge in [0.15, 0.2) is 0 Å². The Labute approximate surface area is 77.2 Å². The molecule has 4 N–H and O–H groups in total. The van der Waals surface area contributed by atoms with E-state index in [2.05, 4.69) is 23.2 Å². The normalized spacial score (nSPS) is 9.38. The van der Waals surface area contributed by atoms with Crippen LogP contribution in [0.1, 0.15) is 0 Å². The highest BCUT2D eigenvalue weighted by Gasteiger charge is 1.86. The minimum atomic E-state index is 0.0972. The fourth-order valence-electron chi connectivity index (χ4n) is 0.995. The van der Waals surface area contributed by atoms with Crippen LogP contribution in [0.15, 0.2) is 36.5 Å². The van der Waals surface area contributed by atoms with Crippen molar-refractivity contribution in [3.8, 4) is 0 Å². The van der Waals surface area contributed by atoms with Crippen LogP contribution in [0.4, 0.5) is 0 Å². The van der Waals surface area contributed by atoms with E-state index < -0.39 is 0 Å². The average molecular weight is 178 g/mol. The molecule has 0 saturated carbocycles. The number of aliphatic hydroxyl groups is 1. The van der Waals surface area contributed by atoms with E-state index in [0.717, 1.165) is 0 Å². The van der Waals surface area contributed by atoms with Gasteiger partial charge in [-0.1, -0.05) is 18.2 Å². The molecule has 0 spiro atoms. The molecule has 1 aromatic carbocycles. The lowest BCUT2D eigenvalue weighted by Gasteiger charge is -1.83. The lowest BCUT2D eigenvalue weighted by molar-refractivity contribution is 0.306. The van der Waals surface area contributed by atoms with Crippen LogP contribution < -0.4 is 5.73 Å². The second-order valence-electron chi connectivity index (χ2n) is 2.58. The van der Waals surface area contributed by atoms with Crippen LogP contribution >= 0.6 is 0 Å². The monoisotopic (exact) mass is 178 g/mol. The largest absolute Gasteiger partial charge is 0.395 e. The second-order valence-corrected chi connectivity index (χ2v) is 2.58. The maximum Gasteiger partial charge on any atom is 0.0553 e. The quantitative estimate of drug-likeness (QED) is 0.612. The van der Waals surface area contributed by atoms with Gasteiger partial charge in [-0.05, 0) is 17.5 Å². The highest BCUT2D eigenvalue weighted by Crippen LogP contribution is 2.09. The van der Waals surface area contributed by atoms with E-state index in [0.29, 0.717) is 6.54 Å². The number of aromatic nitrogens is 1. The molecule has 2 aromatic rings. The molecule has 1 heterocycles. The Morgan fingerprint density at radius 1 is 1.23 bits per heavy atom. The Balaban J connectivity index is 0.000000184. The Hall–Kier alpha value is -1.32. The number of hydrogen-bond acceptors (Lipinski definition) is 2. The summed E-state index contributed by atoms with van der Waals surface area (Å²) in [6.07, 6.45) is 1.95. The van der Waals surface area contributed by atoms with Gasteiger partial charge in [-0.25, -0.2) is 0 Å². The number of rotatable bonds is 1. The highest BCUT2D eigenvalue weighted by atomic mass is 16.3. The van der Waals surface area contributed by atoms with Gasteiger partial charge >= 0.3 is 0 Å². The van der Waals surface area contributed by atoms with Gasteiger partial charge in [-0.2, -0.15) is 0 Å². The predicted molar refractivity (Wildman–Crippen MR) is 54.4 cm³/mol. The molecule has 0 saturated heterocycles. The van der Waals surface area contributed by atoms with E-state index in [1.165, 1.54) is 10.9 Å². The third kappa shape index (κ3) is 2.89. The smallest absolute Gasteiger partial charge is 0.0553 e. The molecule has 1 aromatic heterocycles. The van der Waals surface area contributed by atoms with E-state index >= 15 is 0 Å². The number of para-hydroxylation sites is 1. The number of nitrogens with one attached hydrogen (secondary N) is 1. The summed E-state index contributed by atoms with van der Waals surface area (Å²) in [7, 11) is 0. The number of aliphatic hydroxyl groups excluding tert-OH is 1. The van der Waals surface area contributed by atoms with Crippen molar-refractivity contribution in [3.05, 3.63) is 36.5 Å². The Morgan fingerprint density at radius 2 is 1.92 bits per heavy atom. The van der Waals surface area contributed by atoms with Crippen LogP contribution in [0.2, 0.25) is 0 Å². The first-order chi connectivity index (χ1) is 6.38. The number of fused-ring (bicyclic) bond motifs is 1. The molecule has 0 aliphatic rings. The number of nitrogens with two attached hydrogens (primary N) is 1. The van der Waals surface area contributed by atoms with Crippen molar-refractivity contribution < 1.29 is 5.11 Å². The summed E-state index contributed by atoms with van der Waals surface area (Å²) in [5.74, 6) is 0. The molecule has 0 amide bonds. The fourth-order valence-corrected chi connectivity index (χ4v) is 0.995. The Kier molecular flexibility index (Phi) is 4.02. The summed E-state index contributed by atoms with van der Waals surface area (Å²) in [6, 6.07) is 10.3. The van der Waals surface area contributed by atoms with Crippen molar-refractivity contribution in [1.29, 1.82) is 0 Å². The maximum atomic E-state index is 7.75. The molecule has 0 fully saturated rings. The number of aromatic amines is 1. The molecule has 0 atom stereocenters. The summed E-state index contributed by atoms with van der Waals surface area (Å²) in [6.45, 7) is 0.472. The van der Waals surface area contributed by atoms with Gasteiger partial charge in [0, 0.05) is 18.3 Å². The van der Waals surface area contributed by atoms with Crippen LogP contribution in [-0.2, 0) is 0 Å². The fraction of sp³-hybridized carbons (Fsp3) is 0.200. The average Bonchev–Trinajstić information content (AvgIpc) is 2.66. The Morgan fingerprint density at radius 3 is 2.54 bits per heavy atom. The molecule has 2 rings (SSSR count). The van der Waals surface area contributed by atoms with Crippen molar-refractivity contribution >= 4 is 10.9 Å². The van der Waals surface area contributed by atoms with E-state index in [1.807, 2.05) is 18.3 Å².